The van der Waals surface area contributed by atoms with Crippen molar-refractivity contribution in [1.82, 2.24) is 4.98 Å². The summed E-state index contributed by atoms with van der Waals surface area (Å²) in [6, 6.07) is 13.2. The van der Waals surface area contributed by atoms with Gasteiger partial charge in [0.15, 0.2) is 0 Å². The first kappa shape index (κ1) is 16.9. The van der Waals surface area contributed by atoms with E-state index in [1.807, 2.05) is 6.07 Å². The van der Waals surface area contributed by atoms with Gasteiger partial charge >= 0.3 is 0 Å². The van der Waals surface area contributed by atoms with E-state index >= 15 is 0 Å². The standard InChI is InChI=1S/C18H12ClF2N3O/c19-11-2-1-3-13(8-11)23-14-5-7-17(22-10-14)18(25)24-16-6-4-12(20)9-15(16)21/h1-10,23H,(H,24,25). The van der Waals surface area contributed by atoms with Gasteiger partial charge in [-0.2, -0.15) is 0 Å². The minimum atomic E-state index is -0.854. The molecule has 1 heterocycles. The van der Waals surface area contributed by atoms with E-state index in [1.54, 1.807) is 24.3 Å². The van der Waals surface area contributed by atoms with Crippen molar-refractivity contribution in [2.75, 3.05) is 10.6 Å². The summed E-state index contributed by atoms with van der Waals surface area (Å²) in [6.45, 7) is 0. The molecule has 0 unspecified atom stereocenters. The molecule has 1 amide bonds. The summed E-state index contributed by atoms with van der Waals surface area (Å²) in [5, 5.41) is 6.04. The summed E-state index contributed by atoms with van der Waals surface area (Å²) in [4.78, 5) is 16.1. The molecule has 0 saturated carbocycles. The SMILES string of the molecule is O=C(Nc1ccc(F)cc1F)c1ccc(Nc2cccc(Cl)c2)cn1. The quantitative estimate of drug-likeness (QED) is 0.688. The van der Waals surface area contributed by atoms with Crippen LogP contribution in [-0.4, -0.2) is 10.9 Å². The Hall–Kier alpha value is -2.99. The topological polar surface area (TPSA) is 54.0 Å². The smallest absolute Gasteiger partial charge is 0.274 e. The second-order valence-electron chi connectivity index (χ2n) is 5.15. The van der Waals surface area contributed by atoms with Crippen molar-refractivity contribution in [3.8, 4) is 0 Å². The first-order valence-electron chi connectivity index (χ1n) is 7.26. The number of nitrogens with one attached hydrogen (secondary N) is 2. The van der Waals surface area contributed by atoms with Crippen LogP contribution >= 0.6 is 11.6 Å². The number of anilines is 3. The number of rotatable bonds is 4. The van der Waals surface area contributed by atoms with Crippen molar-refractivity contribution in [2.24, 2.45) is 0 Å². The number of halogens is 3. The molecule has 0 radical (unpaired) electrons. The number of carbonyl (C=O) groups is 1. The third-order valence-electron chi connectivity index (χ3n) is 3.29. The molecule has 25 heavy (non-hydrogen) atoms. The molecule has 0 aliphatic carbocycles. The Morgan fingerprint density at radius 2 is 1.84 bits per heavy atom. The molecule has 126 valence electrons. The summed E-state index contributed by atoms with van der Waals surface area (Å²) in [5.74, 6) is -2.17. The highest BCUT2D eigenvalue weighted by atomic mass is 35.5. The summed E-state index contributed by atoms with van der Waals surface area (Å²) < 4.78 is 26.4. The second-order valence-corrected chi connectivity index (χ2v) is 5.58. The highest BCUT2D eigenvalue weighted by Gasteiger charge is 2.11. The van der Waals surface area contributed by atoms with E-state index in [0.717, 1.165) is 17.8 Å². The zero-order valence-electron chi connectivity index (χ0n) is 12.8. The van der Waals surface area contributed by atoms with Gasteiger partial charge in [-0.3, -0.25) is 4.79 Å². The Morgan fingerprint density at radius 3 is 2.52 bits per heavy atom. The van der Waals surface area contributed by atoms with E-state index in [0.29, 0.717) is 16.8 Å². The van der Waals surface area contributed by atoms with Gasteiger partial charge in [0.1, 0.15) is 17.3 Å². The monoisotopic (exact) mass is 359 g/mol. The van der Waals surface area contributed by atoms with E-state index in [4.69, 9.17) is 11.6 Å². The molecule has 0 aliphatic heterocycles. The Labute approximate surface area is 147 Å². The molecule has 0 aliphatic rings. The molecule has 2 aromatic carbocycles. The average Bonchev–Trinajstić information content (AvgIpc) is 2.58. The van der Waals surface area contributed by atoms with Crippen molar-refractivity contribution in [2.45, 2.75) is 0 Å². The molecule has 3 aromatic rings. The normalized spacial score (nSPS) is 10.4. The molecule has 0 fully saturated rings. The van der Waals surface area contributed by atoms with E-state index in [-0.39, 0.29) is 11.4 Å². The maximum Gasteiger partial charge on any atom is 0.274 e. The van der Waals surface area contributed by atoms with Crippen LogP contribution in [0.15, 0.2) is 60.8 Å². The predicted octanol–water partition coefficient (Wildman–Crippen LogP) is 5.01. The Morgan fingerprint density at radius 1 is 1.00 bits per heavy atom. The summed E-state index contributed by atoms with van der Waals surface area (Å²) in [6.07, 6.45) is 1.47. The van der Waals surface area contributed by atoms with Gasteiger partial charge in [0.05, 0.1) is 17.6 Å². The summed E-state index contributed by atoms with van der Waals surface area (Å²) >= 11 is 5.91. The Balaban J connectivity index is 1.70. The number of aromatic nitrogens is 1. The lowest BCUT2D eigenvalue weighted by Gasteiger charge is -2.08. The first-order chi connectivity index (χ1) is 12.0. The van der Waals surface area contributed by atoms with E-state index in [1.165, 1.54) is 12.3 Å². The molecule has 4 nitrogen and oxygen atoms in total. The summed E-state index contributed by atoms with van der Waals surface area (Å²) in [7, 11) is 0. The molecule has 0 atom stereocenters. The number of hydrogen-bond acceptors (Lipinski definition) is 3. The van der Waals surface area contributed by atoms with Gasteiger partial charge < -0.3 is 10.6 Å². The van der Waals surface area contributed by atoms with Crippen molar-refractivity contribution < 1.29 is 13.6 Å². The fraction of sp³-hybridized carbons (Fsp3) is 0. The van der Waals surface area contributed by atoms with Crippen molar-refractivity contribution in [3.63, 3.8) is 0 Å². The number of amides is 1. The number of benzene rings is 2. The molecule has 7 heteroatoms. The largest absolute Gasteiger partial charge is 0.354 e. The van der Waals surface area contributed by atoms with E-state index in [9.17, 15) is 13.6 Å². The number of hydrogen-bond donors (Lipinski definition) is 2. The van der Waals surface area contributed by atoms with Gasteiger partial charge in [-0.1, -0.05) is 17.7 Å². The summed E-state index contributed by atoms with van der Waals surface area (Å²) in [5.41, 5.74) is 1.42. The van der Waals surface area contributed by atoms with Gasteiger partial charge in [-0.05, 0) is 42.5 Å². The zero-order valence-corrected chi connectivity index (χ0v) is 13.5. The van der Waals surface area contributed by atoms with Crippen LogP contribution in [0.25, 0.3) is 0 Å². The highest BCUT2D eigenvalue weighted by Crippen LogP contribution is 2.20. The average molecular weight is 360 g/mol. The number of nitrogens with zero attached hydrogens (tertiary/aromatic N) is 1. The Kier molecular flexibility index (Phi) is 4.90. The lowest BCUT2D eigenvalue weighted by Crippen LogP contribution is -2.14. The molecule has 2 N–H and O–H groups in total. The molecule has 0 bridgehead atoms. The van der Waals surface area contributed by atoms with Crippen LogP contribution in [-0.2, 0) is 0 Å². The Bertz CT molecular complexity index is 916. The fourth-order valence-electron chi connectivity index (χ4n) is 2.11. The van der Waals surface area contributed by atoms with Gasteiger partial charge in [0.25, 0.3) is 5.91 Å². The lowest BCUT2D eigenvalue weighted by atomic mass is 10.2. The predicted molar refractivity (Wildman–Crippen MR) is 93.3 cm³/mol. The molecular formula is C18H12ClF2N3O. The van der Waals surface area contributed by atoms with Crippen LogP contribution < -0.4 is 10.6 Å². The number of pyridine rings is 1. The molecular weight excluding hydrogens is 348 g/mol. The molecule has 0 saturated heterocycles. The number of carbonyl (C=O) groups excluding carboxylic acids is 1. The molecule has 1 aromatic heterocycles. The molecule has 0 spiro atoms. The van der Waals surface area contributed by atoms with Gasteiger partial charge in [0, 0.05) is 16.8 Å². The zero-order chi connectivity index (χ0) is 17.8. The van der Waals surface area contributed by atoms with Crippen LogP contribution in [0.1, 0.15) is 10.5 Å². The van der Waals surface area contributed by atoms with E-state index in [2.05, 4.69) is 15.6 Å². The third kappa shape index (κ3) is 4.30. The van der Waals surface area contributed by atoms with Crippen LogP contribution in [0.5, 0.6) is 0 Å². The van der Waals surface area contributed by atoms with E-state index < -0.39 is 17.5 Å². The van der Waals surface area contributed by atoms with Crippen molar-refractivity contribution in [3.05, 3.63) is 83.1 Å². The van der Waals surface area contributed by atoms with Crippen LogP contribution in [0.3, 0.4) is 0 Å². The van der Waals surface area contributed by atoms with Crippen molar-refractivity contribution >= 4 is 34.6 Å². The van der Waals surface area contributed by atoms with Crippen LogP contribution in [0.4, 0.5) is 25.8 Å². The third-order valence-corrected chi connectivity index (χ3v) is 3.52. The van der Waals surface area contributed by atoms with Gasteiger partial charge in [-0.15, -0.1) is 0 Å². The van der Waals surface area contributed by atoms with Crippen molar-refractivity contribution in [1.29, 1.82) is 0 Å². The molecule has 3 rings (SSSR count). The fourth-order valence-corrected chi connectivity index (χ4v) is 2.30. The van der Waals surface area contributed by atoms with Crippen LogP contribution in [0.2, 0.25) is 5.02 Å². The minimum absolute atomic E-state index is 0.0976. The second kappa shape index (κ2) is 7.27. The van der Waals surface area contributed by atoms with Crippen LogP contribution in [0, 0.1) is 11.6 Å². The van der Waals surface area contributed by atoms with Gasteiger partial charge in [-0.25, -0.2) is 13.8 Å². The van der Waals surface area contributed by atoms with Gasteiger partial charge in [0.2, 0.25) is 0 Å². The first-order valence-corrected chi connectivity index (χ1v) is 7.64. The highest BCUT2D eigenvalue weighted by molar-refractivity contribution is 6.30. The maximum atomic E-state index is 13.6. The minimum Gasteiger partial charge on any atom is -0.354 e. The maximum absolute atomic E-state index is 13.6. The lowest BCUT2D eigenvalue weighted by molar-refractivity contribution is 0.102.